The molecule has 2 unspecified atom stereocenters. The number of fused-ring (bicyclic) bond motifs is 3. The van der Waals surface area contributed by atoms with Crippen LogP contribution in [0.3, 0.4) is 0 Å². The second-order valence-electron chi connectivity index (χ2n) is 5.23. The van der Waals surface area contributed by atoms with E-state index in [1.54, 1.807) is 6.20 Å². The fourth-order valence-electron chi connectivity index (χ4n) is 3.45. The largest absolute Gasteiger partial charge is 0.381 e. The van der Waals surface area contributed by atoms with Crippen LogP contribution in [0.4, 0.5) is 11.8 Å². The second-order valence-corrected chi connectivity index (χ2v) is 5.23. The summed E-state index contributed by atoms with van der Waals surface area (Å²) in [6, 6.07) is 1.26. The van der Waals surface area contributed by atoms with E-state index in [9.17, 15) is 0 Å². The van der Waals surface area contributed by atoms with Gasteiger partial charge in [-0.05, 0) is 32.1 Å². The molecule has 0 radical (unpaired) electrons. The second kappa shape index (κ2) is 3.57. The Morgan fingerprint density at radius 2 is 1.89 bits per heavy atom. The molecule has 0 aliphatic carbocycles. The number of nitrogens with zero attached hydrogens (tertiary/aromatic N) is 5. The van der Waals surface area contributed by atoms with Crippen molar-refractivity contribution in [2.24, 2.45) is 0 Å². The van der Waals surface area contributed by atoms with Gasteiger partial charge >= 0.3 is 0 Å². The van der Waals surface area contributed by atoms with Gasteiger partial charge in [0.1, 0.15) is 0 Å². The van der Waals surface area contributed by atoms with E-state index in [4.69, 9.17) is 5.73 Å². The van der Waals surface area contributed by atoms with E-state index in [2.05, 4.69) is 20.1 Å². The Hall–Kier alpha value is -1.85. The molecule has 4 heterocycles. The van der Waals surface area contributed by atoms with E-state index in [0.29, 0.717) is 23.5 Å². The maximum absolute atomic E-state index is 5.83. The first-order chi connectivity index (χ1) is 8.84. The van der Waals surface area contributed by atoms with Crippen molar-refractivity contribution in [1.82, 2.24) is 19.6 Å². The predicted molar refractivity (Wildman–Crippen MR) is 68.3 cm³/mol. The molecule has 0 aromatic carbocycles. The molecule has 94 valence electrons. The van der Waals surface area contributed by atoms with Crippen LogP contribution in [-0.4, -0.2) is 31.7 Å². The van der Waals surface area contributed by atoms with Gasteiger partial charge in [0.15, 0.2) is 5.82 Å². The van der Waals surface area contributed by atoms with Crippen LogP contribution in [0, 0.1) is 0 Å². The van der Waals surface area contributed by atoms with Gasteiger partial charge < -0.3 is 10.6 Å². The summed E-state index contributed by atoms with van der Waals surface area (Å²) < 4.78 is 1.97. The van der Waals surface area contributed by atoms with Crippen molar-refractivity contribution in [3.63, 3.8) is 0 Å². The molecule has 4 rings (SSSR count). The Labute approximate surface area is 105 Å². The fourth-order valence-corrected chi connectivity index (χ4v) is 3.45. The topological polar surface area (TPSA) is 72.3 Å². The molecule has 0 saturated carbocycles. The van der Waals surface area contributed by atoms with Crippen molar-refractivity contribution in [3.05, 3.63) is 12.4 Å². The Bertz CT molecular complexity index is 575. The third-order valence-electron chi connectivity index (χ3n) is 4.26. The average molecular weight is 244 g/mol. The average Bonchev–Trinajstić information content (AvgIpc) is 2.89. The number of rotatable bonds is 1. The van der Waals surface area contributed by atoms with Gasteiger partial charge in [-0.15, -0.1) is 10.2 Å². The molecule has 2 N–H and O–H groups in total. The fraction of sp³-hybridized carbons (Fsp3) is 0.583. The zero-order valence-electron chi connectivity index (χ0n) is 10.2. The summed E-state index contributed by atoms with van der Waals surface area (Å²) in [5.74, 6) is 1.38. The molecule has 2 fully saturated rings. The number of nitrogens with two attached hydrogens (primary N) is 1. The lowest BCUT2D eigenvalue weighted by Crippen LogP contribution is -2.40. The quantitative estimate of drug-likeness (QED) is 0.816. The minimum Gasteiger partial charge on any atom is -0.381 e. The number of nitrogen functional groups attached to an aromatic ring is 1. The maximum Gasteiger partial charge on any atom is 0.232 e. The molecular weight excluding hydrogens is 228 g/mol. The molecule has 6 heteroatoms. The van der Waals surface area contributed by atoms with Crippen molar-refractivity contribution in [2.45, 2.75) is 44.2 Å². The number of aromatic nitrogens is 4. The molecule has 2 aromatic heterocycles. The smallest absolute Gasteiger partial charge is 0.232 e. The Morgan fingerprint density at radius 3 is 2.67 bits per heavy atom. The molecule has 2 aliphatic rings. The summed E-state index contributed by atoms with van der Waals surface area (Å²) >= 11 is 0. The van der Waals surface area contributed by atoms with Gasteiger partial charge in [0.25, 0.3) is 0 Å². The number of hydrogen-bond donors (Lipinski definition) is 1. The molecule has 2 aromatic rings. The normalized spacial score (nSPS) is 27.0. The summed E-state index contributed by atoms with van der Waals surface area (Å²) in [6.45, 7) is 0. The summed E-state index contributed by atoms with van der Waals surface area (Å²) in [5.41, 5.74) is 6.50. The monoisotopic (exact) mass is 244 g/mol. The van der Waals surface area contributed by atoms with E-state index in [0.717, 1.165) is 5.95 Å². The van der Waals surface area contributed by atoms with Crippen molar-refractivity contribution < 1.29 is 0 Å². The number of anilines is 2. The number of hydrogen-bond acceptors (Lipinski definition) is 5. The van der Waals surface area contributed by atoms with Crippen LogP contribution in [-0.2, 0) is 0 Å². The summed E-state index contributed by atoms with van der Waals surface area (Å²) in [6.07, 6.45) is 10.0. The van der Waals surface area contributed by atoms with Crippen molar-refractivity contribution in [3.8, 4) is 0 Å². The van der Waals surface area contributed by atoms with Gasteiger partial charge in [-0.2, -0.15) is 0 Å². The molecule has 0 amide bonds. The lowest BCUT2D eigenvalue weighted by atomic mass is 10.0. The van der Waals surface area contributed by atoms with Crippen molar-refractivity contribution in [1.29, 1.82) is 0 Å². The van der Waals surface area contributed by atoms with Crippen LogP contribution in [0.1, 0.15) is 32.1 Å². The van der Waals surface area contributed by atoms with Crippen LogP contribution < -0.4 is 10.6 Å². The minimum atomic E-state index is 0.445. The lowest BCUT2D eigenvalue weighted by molar-refractivity contribution is 0.459. The first-order valence-electron chi connectivity index (χ1n) is 6.58. The third kappa shape index (κ3) is 1.26. The molecule has 2 bridgehead atoms. The molecule has 6 nitrogen and oxygen atoms in total. The highest BCUT2D eigenvalue weighted by molar-refractivity contribution is 5.62. The Balaban J connectivity index is 1.85. The van der Waals surface area contributed by atoms with Crippen molar-refractivity contribution in [2.75, 3.05) is 10.6 Å². The minimum absolute atomic E-state index is 0.445. The van der Waals surface area contributed by atoms with Gasteiger partial charge in [0.2, 0.25) is 11.6 Å². The first kappa shape index (κ1) is 10.1. The van der Waals surface area contributed by atoms with Gasteiger partial charge in [-0.3, -0.25) is 4.40 Å². The third-order valence-corrected chi connectivity index (χ3v) is 4.26. The van der Waals surface area contributed by atoms with E-state index >= 15 is 0 Å². The highest BCUT2D eigenvalue weighted by Gasteiger charge is 2.38. The molecule has 0 spiro atoms. The highest BCUT2D eigenvalue weighted by atomic mass is 15.4. The van der Waals surface area contributed by atoms with E-state index in [1.165, 1.54) is 32.1 Å². The van der Waals surface area contributed by atoms with E-state index < -0.39 is 0 Å². The van der Waals surface area contributed by atoms with Crippen LogP contribution in [0.25, 0.3) is 5.65 Å². The predicted octanol–water partition coefficient (Wildman–Crippen LogP) is 1.23. The zero-order chi connectivity index (χ0) is 12.1. The molecule has 18 heavy (non-hydrogen) atoms. The standard InChI is InChI=1S/C12H16N6/c13-10-11-15-16-12(17(11)7-6-14-10)18-8-2-1-3-9(18)5-4-8/h6-9H,1-5H2,(H2,13,14). The SMILES string of the molecule is Nc1nccn2c(N3C4CCCC3CC4)nnc12. The number of piperidine rings is 1. The lowest BCUT2D eigenvalue weighted by Gasteiger charge is -2.34. The maximum atomic E-state index is 5.83. The summed E-state index contributed by atoms with van der Waals surface area (Å²) in [4.78, 5) is 6.50. The summed E-state index contributed by atoms with van der Waals surface area (Å²) in [5, 5.41) is 8.51. The van der Waals surface area contributed by atoms with Gasteiger partial charge in [0, 0.05) is 24.5 Å². The van der Waals surface area contributed by atoms with Gasteiger partial charge in [-0.1, -0.05) is 0 Å². The molecular formula is C12H16N6. The van der Waals surface area contributed by atoms with Crippen LogP contribution in [0.2, 0.25) is 0 Å². The van der Waals surface area contributed by atoms with Gasteiger partial charge in [-0.25, -0.2) is 4.98 Å². The highest BCUT2D eigenvalue weighted by Crippen LogP contribution is 2.38. The van der Waals surface area contributed by atoms with Crippen LogP contribution in [0.15, 0.2) is 12.4 Å². The Morgan fingerprint density at radius 1 is 1.11 bits per heavy atom. The molecule has 2 atom stereocenters. The van der Waals surface area contributed by atoms with Crippen LogP contribution >= 0.6 is 0 Å². The van der Waals surface area contributed by atoms with E-state index in [-0.39, 0.29) is 0 Å². The van der Waals surface area contributed by atoms with Gasteiger partial charge in [0.05, 0.1) is 0 Å². The van der Waals surface area contributed by atoms with Crippen LogP contribution in [0.5, 0.6) is 0 Å². The zero-order valence-corrected chi connectivity index (χ0v) is 10.2. The summed E-state index contributed by atoms with van der Waals surface area (Å²) in [7, 11) is 0. The first-order valence-corrected chi connectivity index (χ1v) is 6.58. The molecule has 2 saturated heterocycles. The van der Waals surface area contributed by atoms with E-state index in [1.807, 2.05) is 10.6 Å². The molecule has 2 aliphatic heterocycles. The van der Waals surface area contributed by atoms with Crippen molar-refractivity contribution >= 4 is 17.4 Å². The Kier molecular flexibility index (Phi) is 2.00.